The van der Waals surface area contributed by atoms with Crippen molar-refractivity contribution in [3.63, 3.8) is 0 Å². The number of esters is 1. The van der Waals surface area contributed by atoms with E-state index >= 15 is 0 Å². The number of urea groups is 1. The third-order valence-corrected chi connectivity index (χ3v) is 4.36. The van der Waals surface area contributed by atoms with E-state index in [0.717, 1.165) is 4.90 Å². The van der Waals surface area contributed by atoms with Gasteiger partial charge in [0.05, 0.1) is 13.7 Å². The average molecular weight is 347 g/mol. The van der Waals surface area contributed by atoms with Crippen LogP contribution in [0.2, 0.25) is 0 Å². The van der Waals surface area contributed by atoms with Crippen LogP contribution in [0.3, 0.4) is 0 Å². The number of methoxy groups -OCH3 is 1. The topological polar surface area (TPSA) is 100 Å². The Bertz CT molecular complexity index is 715. The van der Waals surface area contributed by atoms with Gasteiger partial charge in [-0.15, -0.1) is 0 Å². The number of ether oxygens (including phenoxy) is 2. The third-order valence-electron chi connectivity index (χ3n) is 4.36. The van der Waals surface area contributed by atoms with Crippen LogP contribution in [0.25, 0.3) is 0 Å². The molecular formula is C17H21N3O5. The first-order valence-electron chi connectivity index (χ1n) is 7.76. The lowest BCUT2D eigenvalue weighted by Crippen LogP contribution is -2.42. The van der Waals surface area contributed by atoms with Crippen LogP contribution < -0.4 is 0 Å². The summed E-state index contributed by atoms with van der Waals surface area (Å²) in [6, 6.07) is 6.10. The zero-order chi connectivity index (χ0) is 18.8. The van der Waals surface area contributed by atoms with E-state index in [2.05, 4.69) is 4.74 Å². The minimum absolute atomic E-state index is 0.0358. The summed E-state index contributed by atoms with van der Waals surface area (Å²) < 4.78 is 9.68. The molecule has 3 amide bonds. The molecule has 1 aromatic rings. The lowest BCUT2D eigenvalue weighted by Gasteiger charge is -2.29. The van der Waals surface area contributed by atoms with Crippen molar-refractivity contribution in [3.8, 4) is 0 Å². The lowest BCUT2D eigenvalue weighted by atomic mass is 9.90. The molecule has 0 saturated carbocycles. The van der Waals surface area contributed by atoms with E-state index in [1.54, 1.807) is 38.1 Å². The van der Waals surface area contributed by atoms with Crippen LogP contribution in [0.5, 0.6) is 0 Å². The van der Waals surface area contributed by atoms with Crippen molar-refractivity contribution in [2.75, 3.05) is 27.3 Å². The number of carbonyl (C=O) groups is 3. The predicted octanol–water partition coefficient (Wildman–Crippen LogP) is 1.33. The van der Waals surface area contributed by atoms with Crippen LogP contribution in [0, 0.1) is 5.41 Å². The summed E-state index contributed by atoms with van der Waals surface area (Å²) in [5.41, 5.74) is -0.0916. The van der Waals surface area contributed by atoms with Crippen molar-refractivity contribution in [2.45, 2.75) is 19.4 Å². The third kappa shape index (κ3) is 3.07. The van der Waals surface area contributed by atoms with Crippen LogP contribution in [0.1, 0.15) is 25.0 Å². The molecule has 1 atom stereocenters. The molecule has 1 N–H and O–H groups in total. The molecule has 8 heteroatoms. The van der Waals surface area contributed by atoms with E-state index < -0.39 is 30.0 Å². The maximum Gasteiger partial charge on any atom is 0.328 e. The van der Waals surface area contributed by atoms with Crippen LogP contribution in [-0.2, 0) is 24.6 Å². The number of hydrogen-bond acceptors (Lipinski definition) is 6. The fraction of sp³-hybridized carbons (Fsp3) is 0.412. The van der Waals surface area contributed by atoms with E-state index in [1.807, 2.05) is 0 Å². The number of hydrogen-bond donors (Lipinski definition) is 1. The Morgan fingerprint density at radius 1 is 1.24 bits per heavy atom. The molecule has 1 unspecified atom stereocenters. The Hall–Kier alpha value is -2.90. The minimum atomic E-state index is -1.24. The van der Waals surface area contributed by atoms with Crippen molar-refractivity contribution in [3.05, 3.63) is 35.4 Å². The Morgan fingerprint density at radius 2 is 1.84 bits per heavy atom. The summed E-state index contributed by atoms with van der Waals surface area (Å²) in [6.45, 7) is 3.36. The molecule has 25 heavy (non-hydrogen) atoms. The van der Waals surface area contributed by atoms with Crippen LogP contribution in [0.4, 0.5) is 4.79 Å². The van der Waals surface area contributed by atoms with Gasteiger partial charge in [0.15, 0.2) is 0 Å². The first kappa shape index (κ1) is 18.4. The number of likely N-dealkylation sites (N-methyl/N-ethyl adjacent to an activating group) is 1. The van der Waals surface area contributed by atoms with Crippen molar-refractivity contribution in [1.29, 1.82) is 5.41 Å². The molecule has 0 aromatic heterocycles. The fourth-order valence-corrected chi connectivity index (χ4v) is 2.69. The molecule has 0 spiro atoms. The fourth-order valence-electron chi connectivity index (χ4n) is 2.69. The van der Waals surface area contributed by atoms with E-state index in [9.17, 15) is 14.4 Å². The summed E-state index contributed by atoms with van der Waals surface area (Å²) in [5, 5.41) is 7.79. The molecule has 1 heterocycles. The van der Waals surface area contributed by atoms with Crippen molar-refractivity contribution in [2.24, 2.45) is 0 Å². The molecule has 134 valence electrons. The standard InChI is InChI=1S/C17H21N3O5/c1-5-25-14(18)11-6-8-12(9-7-11)17(2)15(22)20(10-13(21)24-4)16(23)19(17)3/h6-9,18H,5,10H2,1-4H3. The summed E-state index contributed by atoms with van der Waals surface area (Å²) in [7, 11) is 2.70. The number of carbonyl (C=O) groups excluding carboxylic acids is 3. The van der Waals surface area contributed by atoms with Gasteiger partial charge in [-0.1, -0.05) is 12.1 Å². The van der Waals surface area contributed by atoms with Crippen molar-refractivity contribution < 1.29 is 23.9 Å². The van der Waals surface area contributed by atoms with E-state index in [1.165, 1.54) is 19.1 Å². The van der Waals surface area contributed by atoms with Gasteiger partial charge in [0.2, 0.25) is 5.90 Å². The largest absolute Gasteiger partial charge is 0.478 e. The molecule has 0 bridgehead atoms. The molecule has 1 aromatic carbocycles. The molecule has 1 aliphatic heterocycles. The van der Waals surface area contributed by atoms with E-state index in [0.29, 0.717) is 17.7 Å². The highest BCUT2D eigenvalue weighted by Crippen LogP contribution is 2.36. The first-order chi connectivity index (χ1) is 11.8. The Morgan fingerprint density at radius 3 is 2.36 bits per heavy atom. The number of rotatable bonds is 5. The molecule has 1 fully saturated rings. The van der Waals surface area contributed by atoms with Gasteiger partial charge in [0, 0.05) is 12.6 Å². The zero-order valence-corrected chi connectivity index (χ0v) is 14.7. The summed E-state index contributed by atoms with van der Waals surface area (Å²) >= 11 is 0. The molecule has 0 aliphatic carbocycles. The van der Waals surface area contributed by atoms with Crippen LogP contribution >= 0.6 is 0 Å². The summed E-state index contributed by atoms with van der Waals surface area (Å²) in [6.07, 6.45) is 0. The van der Waals surface area contributed by atoms with E-state index in [4.69, 9.17) is 10.1 Å². The molecule has 1 aliphatic rings. The second-order valence-corrected chi connectivity index (χ2v) is 5.72. The molecular weight excluding hydrogens is 326 g/mol. The lowest BCUT2D eigenvalue weighted by molar-refractivity contribution is -0.145. The monoisotopic (exact) mass is 347 g/mol. The summed E-state index contributed by atoms with van der Waals surface area (Å²) in [5.74, 6) is -1.13. The number of nitrogens with zero attached hydrogens (tertiary/aromatic N) is 2. The van der Waals surface area contributed by atoms with Crippen LogP contribution in [0.15, 0.2) is 24.3 Å². The maximum absolute atomic E-state index is 12.8. The molecule has 2 rings (SSSR count). The van der Waals surface area contributed by atoms with Gasteiger partial charge in [-0.25, -0.2) is 4.79 Å². The van der Waals surface area contributed by atoms with Gasteiger partial charge in [-0.05, 0) is 31.5 Å². The SMILES string of the molecule is CCOC(=N)c1ccc(C2(C)C(=O)N(CC(=O)OC)C(=O)N2C)cc1. The predicted molar refractivity (Wildman–Crippen MR) is 89.1 cm³/mol. The Kier molecular flexibility index (Phi) is 5.10. The normalized spacial score (nSPS) is 20.0. The number of amides is 3. The number of benzene rings is 1. The van der Waals surface area contributed by atoms with Gasteiger partial charge in [0.1, 0.15) is 12.1 Å². The zero-order valence-electron chi connectivity index (χ0n) is 14.7. The van der Waals surface area contributed by atoms with E-state index in [-0.39, 0.29) is 5.90 Å². The second-order valence-electron chi connectivity index (χ2n) is 5.72. The van der Waals surface area contributed by atoms with Gasteiger partial charge in [-0.2, -0.15) is 0 Å². The first-order valence-corrected chi connectivity index (χ1v) is 7.76. The molecule has 8 nitrogen and oxygen atoms in total. The highest BCUT2D eigenvalue weighted by molar-refractivity contribution is 6.08. The Balaban J connectivity index is 2.33. The second kappa shape index (κ2) is 6.92. The van der Waals surface area contributed by atoms with Gasteiger partial charge >= 0.3 is 12.0 Å². The van der Waals surface area contributed by atoms with Gasteiger partial charge in [0.25, 0.3) is 5.91 Å². The summed E-state index contributed by atoms with van der Waals surface area (Å²) in [4.78, 5) is 38.8. The smallest absolute Gasteiger partial charge is 0.328 e. The van der Waals surface area contributed by atoms with Crippen LogP contribution in [-0.4, -0.2) is 60.9 Å². The van der Waals surface area contributed by atoms with Gasteiger partial charge < -0.3 is 14.4 Å². The highest BCUT2D eigenvalue weighted by atomic mass is 16.5. The minimum Gasteiger partial charge on any atom is -0.478 e. The average Bonchev–Trinajstić information content (AvgIpc) is 2.78. The quantitative estimate of drug-likeness (QED) is 0.375. The Labute approximate surface area is 145 Å². The number of imide groups is 1. The molecule has 1 saturated heterocycles. The highest BCUT2D eigenvalue weighted by Gasteiger charge is 2.54. The molecule has 0 radical (unpaired) electrons. The number of nitrogens with one attached hydrogen (secondary N) is 1. The van der Waals surface area contributed by atoms with Crippen molar-refractivity contribution >= 4 is 23.8 Å². The van der Waals surface area contributed by atoms with Gasteiger partial charge in [-0.3, -0.25) is 19.9 Å². The maximum atomic E-state index is 12.8. The van der Waals surface area contributed by atoms with Crippen molar-refractivity contribution in [1.82, 2.24) is 9.80 Å².